The van der Waals surface area contributed by atoms with Crippen LogP contribution >= 0.6 is 12.4 Å². The van der Waals surface area contributed by atoms with E-state index in [0.717, 1.165) is 19.5 Å². The van der Waals surface area contributed by atoms with Gasteiger partial charge in [0.25, 0.3) is 0 Å². The van der Waals surface area contributed by atoms with Crippen LogP contribution in [0.15, 0.2) is 18.2 Å². The summed E-state index contributed by atoms with van der Waals surface area (Å²) in [5, 5.41) is 9.33. The zero-order chi connectivity index (χ0) is 9.26. The molecule has 1 aliphatic rings. The molecule has 0 spiro atoms. The second kappa shape index (κ2) is 4.56. The molecule has 0 atom stereocenters. The predicted octanol–water partition coefficient (Wildman–Crippen LogP) is 2.59. The molecule has 2 rings (SSSR count). The third-order valence-electron chi connectivity index (χ3n) is 2.66. The van der Waals surface area contributed by atoms with Gasteiger partial charge in [-0.05, 0) is 43.5 Å². The summed E-state index contributed by atoms with van der Waals surface area (Å²) in [6, 6.07) is 5.68. The summed E-state index contributed by atoms with van der Waals surface area (Å²) in [6.07, 6.45) is 2.30. The van der Waals surface area contributed by atoms with E-state index in [-0.39, 0.29) is 12.4 Å². The lowest BCUT2D eigenvalue weighted by Gasteiger charge is -2.30. The fourth-order valence-electron chi connectivity index (χ4n) is 1.99. The molecule has 0 unspecified atom stereocenters. The maximum atomic E-state index is 9.33. The first kappa shape index (κ1) is 11.2. The monoisotopic (exact) mass is 213 g/mol. The Hall–Kier alpha value is -0.890. The van der Waals surface area contributed by atoms with Gasteiger partial charge in [0.05, 0.1) is 0 Å². The van der Waals surface area contributed by atoms with Crippen molar-refractivity contribution in [2.75, 3.05) is 18.0 Å². The molecule has 1 heterocycles. The molecule has 0 aliphatic carbocycles. The third kappa shape index (κ3) is 1.95. The van der Waals surface area contributed by atoms with Gasteiger partial charge in [-0.3, -0.25) is 0 Å². The molecule has 0 fully saturated rings. The first-order chi connectivity index (χ1) is 6.31. The number of halogens is 1. The minimum absolute atomic E-state index is 0. The van der Waals surface area contributed by atoms with Gasteiger partial charge in [-0.2, -0.15) is 0 Å². The highest BCUT2D eigenvalue weighted by molar-refractivity contribution is 5.85. The Morgan fingerprint density at radius 2 is 2.21 bits per heavy atom. The van der Waals surface area contributed by atoms with Crippen molar-refractivity contribution in [1.82, 2.24) is 0 Å². The fraction of sp³-hybridized carbons (Fsp3) is 0.455. The summed E-state index contributed by atoms with van der Waals surface area (Å²) in [5.74, 6) is 0.386. The molecule has 1 N–H and O–H groups in total. The molecule has 2 nitrogen and oxygen atoms in total. The van der Waals surface area contributed by atoms with E-state index in [1.165, 1.54) is 17.7 Å². The van der Waals surface area contributed by atoms with E-state index in [1.807, 2.05) is 12.1 Å². The molecule has 0 bridgehead atoms. The third-order valence-corrected chi connectivity index (χ3v) is 2.66. The van der Waals surface area contributed by atoms with E-state index in [0.29, 0.717) is 5.75 Å². The van der Waals surface area contributed by atoms with Gasteiger partial charge in [-0.25, -0.2) is 0 Å². The van der Waals surface area contributed by atoms with Gasteiger partial charge in [0.1, 0.15) is 5.75 Å². The van der Waals surface area contributed by atoms with Gasteiger partial charge >= 0.3 is 0 Å². The molecule has 3 heteroatoms. The van der Waals surface area contributed by atoms with Crippen LogP contribution < -0.4 is 4.90 Å². The molecular formula is C11H16ClNO. The van der Waals surface area contributed by atoms with Crippen molar-refractivity contribution >= 4 is 18.1 Å². The zero-order valence-corrected chi connectivity index (χ0v) is 9.18. The van der Waals surface area contributed by atoms with Crippen molar-refractivity contribution in [2.45, 2.75) is 19.8 Å². The topological polar surface area (TPSA) is 23.5 Å². The van der Waals surface area contributed by atoms with Crippen LogP contribution in [0.25, 0.3) is 0 Å². The van der Waals surface area contributed by atoms with Gasteiger partial charge in [-0.15, -0.1) is 12.4 Å². The van der Waals surface area contributed by atoms with Crippen LogP contribution in [0, 0.1) is 0 Å². The largest absolute Gasteiger partial charge is 0.508 e. The summed E-state index contributed by atoms with van der Waals surface area (Å²) >= 11 is 0. The number of anilines is 1. The number of phenolic OH excluding ortho intramolecular Hbond substituents is 1. The summed E-state index contributed by atoms with van der Waals surface area (Å²) < 4.78 is 0. The average Bonchev–Trinajstić information content (AvgIpc) is 2.16. The van der Waals surface area contributed by atoms with Gasteiger partial charge in [-0.1, -0.05) is 0 Å². The molecule has 1 aromatic rings. The van der Waals surface area contributed by atoms with Crippen molar-refractivity contribution in [3.05, 3.63) is 23.8 Å². The highest BCUT2D eigenvalue weighted by Crippen LogP contribution is 2.29. The predicted molar refractivity (Wildman–Crippen MR) is 61.6 cm³/mol. The Balaban J connectivity index is 0.000000980. The highest BCUT2D eigenvalue weighted by atomic mass is 35.5. The second-order valence-electron chi connectivity index (χ2n) is 3.50. The molecule has 0 saturated heterocycles. The Morgan fingerprint density at radius 1 is 1.43 bits per heavy atom. The van der Waals surface area contributed by atoms with Crippen LogP contribution in [0.4, 0.5) is 5.69 Å². The van der Waals surface area contributed by atoms with Crippen molar-refractivity contribution < 1.29 is 5.11 Å². The van der Waals surface area contributed by atoms with Crippen LogP contribution in [0.5, 0.6) is 5.75 Å². The Morgan fingerprint density at radius 3 is 2.93 bits per heavy atom. The van der Waals surface area contributed by atoms with Gasteiger partial charge < -0.3 is 10.0 Å². The molecule has 1 aliphatic heterocycles. The van der Waals surface area contributed by atoms with Gasteiger partial charge in [0.15, 0.2) is 0 Å². The second-order valence-corrected chi connectivity index (χ2v) is 3.50. The lowest BCUT2D eigenvalue weighted by Crippen LogP contribution is -2.28. The van der Waals surface area contributed by atoms with Gasteiger partial charge in [0, 0.05) is 18.8 Å². The lowest BCUT2D eigenvalue weighted by molar-refractivity contribution is 0.474. The van der Waals surface area contributed by atoms with Crippen LogP contribution in [-0.4, -0.2) is 18.2 Å². The lowest BCUT2D eigenvalue weighted by atomic mass is 10.0. The quantitative estimate of drug-likeness (QED) is 0.775. The maximum absolute atomic E-state index is 9.33. The summed E-state index contributed by atoms with van der Waals surface area (Å²) in [4.78, 5) is 2.36. The zero-order valence-electron chi connectivity index (χ0n) is 8.36. The molecule has 14 heavy (non-hydrogen) atoms. The number of rotatable bonds is 1. The number of hydrogen-bond donors (Lipinski definition) is 1. The van der Waals surface area contributed by atoms with E-state index >= 15 is 0 Å². The number of aryl methyl sites for hydroxylation is 1. The van der Waals surface area contributed by atoms with Crippen molar-refractivity contribution in [3.8, 4) is 5.75 Å². The summed E-state index contributed by atoms with van der Waals surface area (Å²) in [5.41, 5.74) is 2.58. The van der Waals surface area contributed by atoms with E-state index < -0.39 is 0 Å². The SMILES string of the molecule is CCN1CCCc2cc(O)ccc21.Cl. The molecule has 1 aromatic carbocycles. The number of aromatic hydroxyl groups is 1. The Bertz CT molecular complexity index is 314. The Labute approximate surface area is 91.0 Å². The number of nitrogens with zero attached hydrogens (tertiary/aromatic N) is 1. The maximum Gasteiger partial charge on any atom is 0.116 e. The normalized spacial score (nSPS) is 14.5. The average molecular weight is 214 g/mol. The van der Waals surface area contributed by atoms with Crippen molar-refractivity contribution in [2.24, 2.45) is 0 Å². The number of benzene rings is 1. The van der Waals surface area contributed by atoms with Crippen LogP contribution in [0.3, 0.4) is 0 Å². The molecule has 0 aromatic heterocycles. The number of phenols is 1. The first-order valence-electron chi connectivity index (χ1n) is 4.88. The molecule has 0 radical (unpaired) electrons. The number of hydrogen-bond acceptors (Lipinski definition) is 2. The molecular weight excluding hydrogens is 198 g/mol. The smallest absolute Gasteiger partial charge is 0.116 e. The highest BCUT2D eigenvalue weighted by Gasteiger charge is 2.14. The van der Waals surface area contributed by atoms with E-state index in [2.05, 4.69) is 11.8 Å². The van der Waals surface area contributed by atoms with Crippen LogP contribution in [0.1, 0.15) is 18.9 Å². The molecule has 0 saturated carbocycles. The number of fused-ring (bicyclic) bond motifs is 1. The standard InChI is InChI=1S/C11H15NO.ClH/c1-2-12-7-3-4-9-8-10(13)5-6-11(9)12;/h5-6,8,13H,2-4,7H2,1H3;1H. The van der Waals surface area contributed by atoms with Crippen molar-refractivity contribution in [3.63, 3.8) is 0 Å². The minimum atomic E-state index is 0. The van der Waals surface area contributed by atoms with Gasteiger partial charge in [0.2, 0.25) is 0 Å². The molecule has 0 amide bonds. The summed E-state index contributed by atoms with van der Waals surface area (Å²) in [7, 11) is 0. The van der Waals surface area contributed by atoms with E-state index in [4.69, 9.17) is 0 Å². The van der Waals surface area contributed by atoms with Crippen LogP contribution in [-0.2, 0) is 6.42 Å². The summed E-state index contributed by atoms with van der Waals surface area (Å²) in [6.45, 7) is 4.37. The fourth-order valence-corrected chi connectivity index (χ4v) is 1.99. The van der Waals surface area contributed by atoms with Crippen molar-refractivity contribution in [1.29, 1.82) is 0 Å². The van der Waals surface area contributed by atoms with Crippen LogP contribution in [0.2, 0.25) is 0 Å². The Kier molecular flexibility index (Phi) is 3.64. The van der Waals surface area contributed by atoms with E-state index in [9.17, 15) is 5.11 Å². The molecule has 78 valence electrons. The van der Waals surface area contributed by atoms with E-state index in [1.54, 1.807) is 6.07 Å². The minimum Gasteiger partial charge on any atom is -0.508 e. The first-order valence-corrected chi connectivity index (χ1v) is 4.88.